The number of rotatable bonds is 6. The minimum atomic E-state index is -0.494. The Balaban J connectivity index is 1.09. The highest BCUT2D eigenvalue weighted by Gasteiger charge is 2.42. The zero-order chi connectivity index (χ0) is 20.8. The summed E-state index contributed by atoms with van der Waals surface area (Å²) >= 11 is 1.96. The molecule has 160 valence electrons. The maximum atomic E-state index is 10.7. The minimum Gasteiger partial charge on any atom is -0.490 e. The van der Waals surface area contributed by atoms with Crippen LogP contribution in [0.25, 0.3) is 21.1 Å². The van der Waals surface area contributed by atoms with Gasteiger partial charge in [-0.3, -0.25) is 4.90 Å². The van der Waals surface area contributed by atoms with Gasteiger partial charge in [-0.25, -0.2) is 0 Å². The van der Waals surface area contributed by atoms with E-state index in [2.05, 4.69) is 35.2 Å². The molecule has 2 fully saturated rings. The second-order valence-electron chi connectivity index (χ2n) is 8.99. The summed E-state index contributed by atoms with van der Waals surface area (Å²) in [5.41, 5.74) is 0.813. The molecule has 2 aromatic carbocycles. The van der Waals surface area contributed by atoms with Crippen molar-refractivity contribution in [2.75, 3.05) is 13.2 Å². The summed E-state index contributed by atoms with van der Waals surface area (Å²) in [5, 5.41) is 13.1. The summed E-state index contributed by atoms with van der Waals surface area (Å²) in [5.74, 6) is 1.43. The Hall–Kier alpha value is -2.34. The smallest absolute Gasteiger partial charge is 0.137 e. The Kier molecular flexibility index (Phi) is 4.98. The molecule has 2 bridgehead atoms. The summed E-state index contributed by atoms with van der Waals surface area (Å²) in [6, 6.07) is 19.9. The molecule has 0 spiro atoms. The maximum absolute atomic E-state index is 10.7. The van der Waals surface area contributed by atoms with Crippen molar-refractivity contribution < 1.29 is 14.3 Å². The van der Waals surface area contributed by atoms with Crippen molar-refractivity contribution >= 4 is 32.4 Å². The first-order valence-electron chi connectivity index (χ1n) is 11.3. The van der Waals surface area contributed by atoms with Crippen LogP contribution in [-0.2, 0) is 0 Å². The lowest BCUT2D eigenvalue weighted by Crippen LogP contribution is -2.47. The van der Waals surface area contributed by atoms with Crippen molar-refractivity contribution in [2.24, 2.45) is 0 Å². The Morgan fingerprint density at radius 3 is 2.74 bits per heavy atom. The highest BCUT2D eigenvalue weighted by Crippen LogP contribution is 2.45. The third-order valence-electron chi connectivity index (χ3n) is 7.04. The number of nitrogens with zero attached hydrogens (tertiary/aromatic N) is 1. The second-order valence-corrected chi connectivity index (χ2v) is 10.1. The monoisotopic (exact) mass is 433 g/mol. The fourth-order valence-electron chi connectivity index (χ4n) is 5.58. The summed E-state index contributed by atoms with van der Waals surface area (Å²) in [4.78, 5) is 4.09. The van der Waals surface area contributed by atoms with Crippen LogP contribution in [0.4, 0.5) is 0 Å². The van der Waals surface area contributed by atoms with Crippen LogP contribution < -0.4 is 4.74 Å². The lowest BCUT2D eigenvalue weighted by molar-refractivity contribution is 0.0323. The number of hydrogen-bond acceptors (Lipinski definition) is 5. The molecule has 4 nitrogen and oxygen atoms in total. The number of fused-ring (bicyclic) bond motifs is 4. The largest absolute Gasteiger partial charge is 0.490 e. The van der Waals surface area contributed by atoms with Crippen LogP contribution in [0.15, 0.2) is 65.3 Å². The molecule has 31 heavy (non-hydrogen) atoms. The highest BCUT2D eigenvalue weighted by atomic mass is 32.1. The first-order valence-corrected chi connectivity index (χ1v) is 12.1. The molecule has 2 aliphatic rings. The summed E-state index contributed by atoms with van der Waals surface area (Å²) in [6.45, 7) is 0.996. The molecule has 4 aromatic rings. The Morgan fingerprint density at radius 2 is 1.90 bits per heavy atom. The molecular formula is C26H27NO3S. The number of ether oxygens (including phenoxy) is 1. The number of benzene rings is 2. The Morgan fingerprint density at radius 1 is 1.06 bits per heavy atom. The average molecular weight is 434 g/mol. The number of piperidine rings is 1. The average Bonchev–Trinajstić information content (AvgIpc) is 3.48. The summed E-state index contributed by atoms with van der Waals surface area (Å²) < 4.78 is 12.8. The third kappa shape index (κ3) is 3.65. The number of thiophene rings is 1. The number of furan rings is 1. The van der Waals surface area contributed by atoms with E-state index in [0.29, 0.717) is 31.2 Å². The lowest BCUT2D eigenvalue weighted by atomic mass is 9.89. The van der Waals surface area contributed by atoms with Crippen molar-refractivity contribution in [3.8, 4) is 5.75 Å². The van der Waals surface area contributed by atoms with Gasteiger partial charge in [0.25, 0.3) is 0 Å². The van der Waals surface area contributed by atoms with Gasteiger partial charge in [0, 0.05) is 28.2 Å². The Bertz CT molecular complexity index is 1150. The predicted molar refractivity (Wildman–Crippen MR) is 125 cm³/mol. The van der Waals surface area contributed by atoms with Gasteiger partial charge in [0.15, 0.2) is 0 Å². The van der Waals surface area contributed by atoms with Gasteiger partial charge in [-0.15, -0.1) is 11.3 Å². The van der Waals surface area contributed by atoms with E-state index in [0.717, 1.165) is 16.7 Å². The molecule has 0 aliphatic carbocycles. The Labute approximate surface area is 186 Å². The van der Waals surface area contributed by atoms with Crippen molar-refractivity contribution in [1.29, 1.82) is 0 Å². The van der Waals surface area contributed by atoms with Crippen molar-refractivity contribution in [3.05, 3.63) is 65.7 Å². The molecule has 4 heterocycles. The highest BCUT2D eigenvalue weighted by molar-refractivity contribution is 7.19. The molecule has 0 radical (unpaired) electrons. The van der Waals surface area contributed by atoms with Crippen LogP contribution >= 0.6 is 11.3 Å². The van der Waals surface area contributed by atoms with E-state index in [1.54, 1.807) is 6.26 Å². The fourth-order valence-corrected chi connectivity index (χ4v) is 6.77. The summed E-state index contributed by atoms with van der Waals surface area (Å²) in [7, 11) is 0. The third-order valence-corrected chi connectivity index (χ3v) is 8.32. The van der Waals surface area contributed by atoms with Crippen LogP contribution in [0.1, 0.15) is 36.5 Å². The molecule has 2 saturated heterocycles. The molecule has 6 rings (SSSR count). The molecule has 3 atom stereocenters. The maximum Gasteiger partial charge on any atom is 0.137 e. The minimum absolute atomic E-state index is 0.306. The first-order chi connectivity index (χ1) is 15.2. The van der Waals surface area contributed by atoms with E-state index < -0.39 is 6.10 Å². The van der Waals surface area contributed by atoms with E-state index in [1.165, 1.54) is 40.6 Å². The summed E-state index contributed by atoms with van der Waals surface area (Å²) in [6.07, 6.45) is 6.07. The quantitative estimate of drug-likeness (QED) is 0.418. The second kappa shape index (κ2) is 7.97. The van der Waals surface area contributed by atoms with Gasteiger partial charge in [-0.1, -0.05) is 24.3 Å². The first kappa shape index (κ1) is 19.4. The lowest BCUT2D eigenvalue weighted by Gasteiger charge is -2.39. The van der Waals surface area contributed by atoms with Gasteiger partial charge in [0.2, 0.25) is 0 Å². The topological polar surface area (TPSA) is 45.8 Å². The van der Waals surface area contributed by atoms with Gasteiger partial charge < -0.3 is 14.3 Å². The normalized spacial score (nSPS) is 24.7. The zero-order valence-corrected chi connectivity index (χ0v) is 18.3. The van der Waals surface area contributed by atoms with Crippen LogP contribution in [0.3, 0.4) is 0 Å². The van der Waals surface area contributed by atoms with Crippen LogP contribution in [0.2, 0.25) is 0 Å². The number of aliphatic hydroxyl groups excluding tert-OH is 1. The SMILES string of the molecule is O[C@H](COc1cccc2occc12)CN1C2CCC1CC(c1cc3ccccc3s1)C2. The fraction of sp³-hybridized carbons (Fsp3) is 0.385. The zero-order valence-electron chi connectivity index (χ0n) is 17.4. The van der Waals surface area contributed by atoms with Crippen LogP contribution in [0, 0.1) is 0 Å². The molecule has 2 aliphatic heterocycles. The number of hydrogen-bond donors (Lipinski definition) is 1. The van der Waals surface area contributed by atoms with E-state index in [9.17, 15) is 5.11 Å². The molecule has 1 N–H and O–H groups in total. The number of aliphatic hydroxyl groups is 1. The van der Waals surface area contributed by atoms with Crippen molar-refractivity contribution in [3.63, 3.8) is 0 Å². The van der Waals surface area contributed by atoms with E-state index >= 15 is 0 Å². The van der Waals surface area contributed by atoms with Gasteiger partial charge in [-0.05, 0) is 67.3 Å². The van der Waals surface area contributed by atoms with E-state index in [1.807, 2.05) is 35.6 Å². The van der Waals surface area contributed by atoms with Gasteiger partial charge in [0.05, 0.1) is 11.6 Å². The van der Waals surface area contributed by atoms with Gasteiger partial charge in [0.1, 0.15) is 24.0 Å². The predicted octanol–water partition coefficient (Wildman–Crippen LogP) is 5.80. The molecule has 0 amide bonds. The van der Waals surface area contributed by atoms with Crippen molar-refractivity contribution in [2.45, 2.75) is 49.8 Å². The standard InChI is InChI=1S/C26H27NO3S/c28-21(16-30-24-6-3-5-23-22(24)10-11-29-23)15-27-19-8-9-20(27)13-18(12-19)26-14-17-4-1-2-7-25(17)31-26/h1-7,10-11,14,18-21,28H,8-9,12-13,15-16H2/t18?,19?,20?,21-/m0/s1. The van der Waals surface area contributed by atoms with Gasteiger partial charge in [-0.2, -0.15) is 0 Å². The van der Waals surface area contributed by atoms with E-state index in [-0.39, 0.29) is 0 Å². The van der Waals surface area contributed by atoms with Crippen LogP contribution in [0.5, 0.6) is 5.75 Å². The molecule has 2 aromatic heterocycles. The van der Waals surface area contributed by atoms with Crippen molar-refractivity contribution in [1.82, 2.24) is 4.90 Å². The van der Waals surface area contributed by atoms with Crippen LogP contribution in [-0.4, -0.2) is 41.3 Å². The molecular weight excluding hydrogens is 406 g/mol. The molecule has 5 heteroatoms. The molecule has 2 unspecified atom stereocenters. The van der Waals surface area contributed by atoms with Gasteiger partial charge >= 0.3 is 0 Å². The van der Waals surface area contributed by atoms with E-state index in [4.69, 9.17) is 9.15 Å². The molecule has 0 saturated carbocycles.